The van der Waals surface area contributed by atoms with Crippen LogP contribution in [0.25, 0.3) is 0 Å². The second-order valence-electron chi connectivity index (χ2n) is 7.73. The van der Waals surface area contributed by atoms with Crippen LogP contribution in [-0.2, 0) is 24.2 Å². The highest BCUT2D eigenvalue weighted by atomic mass is 16.5. The minimum atomic E-state index is -0.583. The van der Waals surface area contributed by atoms with E-state index in [0.29, 0.717) is 5.56 Å². The fourth-order valence-corrected chi connectivity index (χ4v) is 4.35. The van der Waals surface area contributed by atoms with Crippen LogP contribution in [0, 0.1) is 0 Å². The minimum Gasteiger partial charge on any atom is -0.507 e. The Labute approximate surface area is 177 Å². The summed E-state index contributed by atoms with van der Waals surface area (Å²) >= 11 is 0. The molecule has 2 aliphatic rings. The van der Waals surface area contributed by atoms with Crippen LogP contribution < -0.4 is 4.74 Å². The van der Waals surface area contributed by atoms with Gasteiger partial charge in [0.25, 0.3) is 0 Å². The Kier molecular flexibility index (Phi) is 4.36. The Bertz CT molecular complexity index is 1270. The highest BCUT2D eigenvalue weighted by Crippen LogP contribution is 2.46. The van der Waals surface area contributed by atoms with E-state index in [-0.39, 0.29) is 71.0 Å². The Morgan fingerprint density at radius 1 is 0.742 bits per heavy atom. The monoisotopic (exact) mass is 414 g/mol. The zero-order chi connectivity index (χ0) is 21.7. The molecule has 2 aliphatic carbocycles. The number of hydrogen-bond acceptors (Lipinski definition) is 6. The largest absolute Gasteiger partial charge is 0.507 e. The molecule has 0 heterocycles. The van der Waals surface area contributed by atoms with E-state index in [1.54, 1.807) is 12.1 Å². The fraction of sp³-hybridized carbons (Fsp3) is 0.160. The Hall–Kier alpha value is -3.93. The Morgan fingerprint density at radius 3 is 2.23 bits per heavy atom. The van der Waals surface area contributed by atoms with Crippen molar-refractivity contribution in [3.63, 3.8) is 0 Å². The molecule has 5 rings (SSSR count). The van der Waals surface area contributed by atoms with Gasteiger partial charge in [-0.3, -0.25) is 14.4 Å². The van der Waals surface area contributed by atoms with Gasteiger partial charge in [0.05, 0.1) is 16.7 Å². The number of ether oxygens (including phenoxy) is 1. The fourth-order valence-electron chi connectivity index (χ4n) is 4.35. The lowest BCUT2D eigenvalue weighted by atomic mass is 9.77. The van der Waals surface area contributed by atoms with Crippen LogP contribution in [0.1, 0.15) is 55.0 Å². The van der Waals surface area contributed by atoms with E-state index in [1.807, 2.05) is 30.3 Å². The van der Waals surface area contributed by atoms with Gasteiger partial charge in [0, 0.05) is 29.5 Å². The van der Waals surface area contributed by atoms with Crippen molar-refractivity contribution in [3.8, 4) is 17.2 Å². The number of ketones is 3. The van der Waals surface area contributed by atoms with Gasteiger partial charge in [-0.1, -0.05) is 42.5 Å². The third-order valence-electron chi connectivity index (χ3n) is 5.88. The third-order valence-corrected chi connectivity index (χ3v) is 5.88. The maximum atomic E-state index is 13.4. The van der Waals surface area contributed by atoms with Crippen LogP contribution in [0.3, 0.4) is 0 Å². The number of rotatable bonds is 3. The average molecular weight is 414 g/mol. The van der Waals surface area contributed by atoms with Gasteiger partial charge in [0.15, 0.2) is 5.78 Å². The molecule has 0 unspecified atom stereocenters. The molecule has 3 aromatic carbocycles. The van der Waals surface area contributed by atoms with Crippen molar-refractivity contribution in [3.05, 3.63) is 87.5 Å². The van der Waals surface area contributed by atoms with E-state index < -0.39 is 17.3 Å². The van der Waals surface area contributed by atoms with Gasteiger partial charge >= 0.3 is 0 Å². The third kappa shape index (κ3) is 2.91. The van der Waals surface area contributed by atoms with Crippen LogP contribution in [0.15, 0.2) is 48.5 Å². The van der Waals surface area contributed by atoms with Gasteiger partial charge in [-0.25, -0.2) is 0 Å². The van der Waals surface area contributed by atoms with Crippen molar-refractivity contribution in [2.24, 2.45) is 0 Å². The number of carbonyl (C=O) groups is 3. The summed E-state index contributed by atoms with van der Waals surface area (Å²) in [5, 5.41) is 21.7. The maximum absolute atomic E-state index is 13.4. The van der Waals surface area contributed by atoms with Crippen LogP contribution in [-0.4, -0.2) is 27.6 Å². The summed E-state index contributed by atoms with van der Waals surface area (Å²) in [6, 6.07) is 14.1. The number of benzene rings is 3. The second kappa shape index (κ2) is 7.09. The maximum Gasteiger partial charge on any atom is 0.202 e. The highest BCUT2D eigenvalue weighted by Gasteiger charge is 2.40. The molecule has 0 saturated heterocycles. The molecule has 0 saturated carbocycles. The normalized spacial score (nSPS) is 14.6. The van der Waals surface area contributed by atoms with Crippen molar-refractivity contribution in [2.45, 2.75) is 25.9 Å². The standard InChI is InChI=1S/C25H18O6/c26-14-9-10-15-17(11-14)24(29)20-21(22(15)27)25(30)19-16(23(20)28)7-4-8-18(19)31-12-13-5-2-1-3-6-13/h1-8,27,29H,9-12H2. The van der Waals surface area contributed by atoms with Crippen LogP contribution in [0.2, 0.25) is 0 Å². The highest BCUT2D eigenvalue weighted by molar-refractivity contribution is 6.31. The lowest BCUT2D eigenvalue weighted by Crippen LogP contribution is -2.25. The van der Waals surface area contributed by atoms with E-state index >= 15 is 0 Å². The van der Waals surface area contributed by atoms with E-state index in [0.717, 1.165) is 5.56 Å². The molecule has 0 aromatic heterocycles. The molecule has 0 radical (unpaired) electrons. The first-order chi connectivity index (χ1) is 15.0. The smallest absolute Gasteiger partial charge is 0.202 e. The molecule has 0 bridgehead atoms. The first kappa shape index (κ1) is 19.1. The number of aromatic hydroxyl groups is 2. The van der Waals surface area contributed by atoms with Crippen molar-refractivity contribution in [2.75, 3.05) is 0 Å². The lowest BCUT2D eigenvalue weighted by molar-refractivity contribution is -0.118. The minimum absolute atomic E-state index is 0.0671. The number of fused-ring (bicyclic) bond motifs is 3. The van der Waals surface area contributed by atoms with Gasteiger partial charge < -0.3 is 14.9 Å². The molecule has 0 amide bonds. The summed E-state index contributed by atoms with van der Waals surface area (Å²) in [5.41, 5.74) is 1.17. The van der Waals surface area contributed by atoms with E-state index in [1.165, 1.54) is 6.07 Å². The van der Waals surface area contributed by atoms with Crippen molar-refractivity contribution < 1.29 is 29.3 Å². The molecule has 0 atom stereocenters. The van der Waals surface area contributed by atoms with Gasteiger partial charge in [-0.05, 0) is 18.1 Å². The summed E-state index contributed by atoms with van der Waals surface area (Å²) in [6.45, 7) is 0.204. The van der Waals surface area contributed by atoms with Crippen molar-refractivity contribution >= 4 is 17.3 Å². The van der Waals surface area contributed by atoms with Gasteiger partial charge in [-0.15, -0.1) is 0 Å². The van der Waals surface area contributed by atoms with Gasteiger partial charge in [0.2, 0.25) is 5.78 Å². The average Bonchev–Trinajstić information content (AvgIpc) is 2.78. The Morgan fingerprint density at radius 2 is 1.45 bits per heavy atom. The number of phenolic OH excluding ortho intramolecular Hbond substituents is 2. The molecule has 2 N–H and O–H groups in total. The summed E-state index contributed by atoms with van der Waals surface area (Å²) in [5.74, 6) is -1.75. The predicted octanol–water partition coefficient (Wildman–Crippen LogP) is 3.51. The molecule has 3 aromatic rings. The van der Waals surface area contributed by atoms with E-state index in [2.05, 4.69) is 0 Å². The molecule has 0 fully saturated rings. The van der Waals surface area contributed by atoms with Crippen LogP contribution in [0.5, 0.6) is 17.2 Å². The molecular weight excluding hydrogens is 396 g/mol. The lowest BCUT2D eigenvalue weighted by Gasteiger charge is -2.26. The molecule has 0 aliphatic heterocycles. The molecule has 6 nitrogen and oxygen atoms in total. The first-order valence-electron chi connectivity index (χ1n) is 9.97. The number of hydrogen-bond donors (Lipinski definition) is 2. The van der Waals surface area contributed by atoms with Crippen LogP contribution >= 0.6 is 0 Å². The number of carbonyl (C=O) groups excluding carboxylic acids is 3. The summed E-state index contributed by atoms with van der Waals surface area (Å²) < 4.78 is 5.86. The topological polar surface area (TPSA) is 101 Å². The molecule has 154 valence electrons. The second-order valence-corrected chi connectivity index (χ2v) is 7.73. The number of phenols is 2. The van der Waals surface area contributed by atoms with Gasteiger partial charge in [-0.2, -0.15) is 0 Å². The zero-order valence-electron chi connectivity index (χ0n) is 16.5. The van der Waals surface area contributed by atoms with E-state index in [9.17, 15) is 24.6 Å². The summed E-state index contributed by atoms with van der Waals surface area (Å²) in [4.78, 5) is 38.6. The SMILES string of the molecule is O=C1CCc2c(O)c3c(c(O)c2C1)C(=O)c1cccc(OCc2ccccc2)c1C3=O. The first-order valence-corrected chi connectivity index (χ1v) is 9.97. The number of Topliss-reactive ketones (excluding diaryl/α,β-unsaturated/α-hetero) is 1. The van der Waals surface area contributed by atoms with Crippen LogP contribution in [0.4, 0.5) is 0 Å². The molecule has 0 spiro atoms. The van der Waals surface area contributed by atoms with E-state index in [4.69, 9.17) is 4.74 Å². The zero-order valence-corrected chi connectivity index (χ0v) is 16.5. The molecule has 6 heteroatoms. The van der Waals surface area contributed by atoms with Gasteiger partial charge in [0.1, 0.15) is 29.6 Å². The van der Waals surface area contributed by atoms with Crippen molar-refractivity contribution in [1.82, 2.24) is 0 Å². The summed E-state index contributed by atoms with van der Waals surface area (Å²) in [7, 11) is 0. The quantitative estimate of drug-likeness (QED) is 0.498. The predicted molar refractivity (Wildman–Crippen MR) is 111 cm³/mol. The Balaban J connectivity index is 1.63. The molecule has 31 heavy (non-hydrogen) atoms. The molecular formula is C25H18O6. The van der Waals surface area contributed by atoms with Crippen molar-refractivity contribution in [1.29, 1.82) is 0 Å². The summed E-state index contributed by atoms with van der Waals surface area (Å²) in [6.07, 6.45) is 0.348.